The van der Waals surface area contributed by atoms with E-state index >= 15 is 0 Å². The number of methoxy groups -OCH3 is 1. The molecule has 3 aromatic rings. The van der Waals surface area contributed by atoms with Gasteiger partial charge in [0.05, 0.1) is 31.6 Å². The lowest BCUT2D eigenvalue weighted by atomic mass is 9.74. The molecule has 3 fully saturated rings. The van der Waals surface area contributed by atoms with Crippen molar-refractivity contribution >= 4 is 23.4 Å². The molecule has 2 saturated heterocycles. The van der Waals surface area contributed by atoms with Crippen LogP contribution in [0.15, 0.2) is 91.0 Å². The minimum Gasteiger partial charge on any atom is -0.496 e. The van der Waals surface area contributed by atoms with Gasteiger partial charge in [-0.15, -0.1) is 0 Å². The smallest absolute Gasteiger partial charge is 0.246 e. The van der Waals surface area contributed by atoms with Crippen molar-refractivity contribution in [3.05, 3.63) is 96.6 Å². The van der Waals surface area contributed by atoms with Gasteiger partial charge < -0.3 is 29.7 Å². The van der Waals surface area contributed by atoms with E-state index in [0.717, 1.165) is 37.7 Å². The summed E-state index contributed by atoms with van der Waals surface area (Å²) in [7, 11) is 1.58. The fraction of sp³-hybridized carbons (Fsp3) is 0.361. The molecule has 0 aromatic heterocycles. The first kappa shape index (κ1) is 29.1. The molecule has 3 aromatic carbocycles. The Hall–Kier alpha value is -4.63. The highest BCUT2D eigenvalue weighted by Gasteiger charge is 2.72. The number of ether oxygens (including phenoxy) is 3. The number of amides is 3. The Morgan fingerprint density at radius 2 is 1.62 bits per heavy atom. The lowest BCUT2D eigenvalue weighted by Gasteiger charge is -2.34. The van der Waals surface area contributed by atoms with Gasteiger partial charge in [0, 0.05) is 17.3 Å². The molecule has 3 amide bonds. The summed E-state index contributed by atoms with van der Waals surface area (Å²) in [6, 6.07) is 23.1. The molecule has 9 heteroatoms. The van der Waals surface area contributed by atoms with Crippen LogP contribution < -0.4 is 20.1 Å². The summed E-state index contributed by atoms with van der Waals surface area (Å²) >= 11 is 0. The van der Waals surface area contributed by atoms with Crippen LogP contribution in [0.3, 0.4) is 0 Å². The third-order valence-electron chi connectivity index (χ3n) is 9.51. The van der Waals surface area contributed by atoms with E-state index in [2.05, 4.69) is 10.6 Å². The molecular formula is C36H37N3O6. The molecule has 1 spiro atoms. The quantitative estimate of drug-likeness (QED) is 0.323. The molecule has 232 valence electrons. The summed E-state index contributed by atoms with van der Waals surface area (Å²) in [6.07, 6.45) is 8.17. The van der Waals surface area contributed by atoms with E-state index in [1.54, 1.807) is 36.3 Å². The van der Waals surface area contributed by atoms with Crippen molar-refractivity contribution in [2.24, 2.45) is 11.8 Å². The molecule has 1 saturated carbocycles. The summed E-state index contributed by atoms with van der Waals surface area (Å²) in [5, 5.41) is 6.21. The highest BCUT2D eigenvalue weighted by atomic mass is 16.5. The minimum atomic E-state index is -1.24. The van der Waals surface area contributed by atoms with Crippen molar-refractivity contribution < 1.29 is 28.6 Å². The van der Waals surface area contributed by atoms with Crippen molar-refractivity contribution in [1.82, 2.24) is 10.2 Å². The third kappa shape index (κ3) is 5.35. The van der Waals surface area contributed by atoms with Crippen LogP contribution in [0.2, 0.25) is 0 Å². The van der Waals surface area contributed by atoms with Crippen LogP contribution in [0.25, 0.3) is 0 Å². The average molecular weight is 608 g/mol. The summed E-state index contributed by atoms with van der Waals surface area (Å²) in [5.41, 5.74) is 0.111. The Balaban J connectivity index is 1.15. The number of carbonyl (C=O) groups is 3. The van der Waals surface area contributed by atoms with Gasteiger partial charge in [0.15, 0.2) is 0 Å². The first-order valence-electron chi connectivity index (χ1n) is 15.7. The molecule has 9 nitrogen and oxygen atoms in total. The number of hydrogen-bond donors (Lipinski definition) is 2. The van der Waals surface area contributed by atoms with Gasteiger partial charge in [-0.25, -0.2) is 0 Å². The Labute approximate surface area is 262 Å². The van der Waals surface area contributed by atoms with Gasteiger partial charge in [-0.2, -0.15) is 0 Å². The van der Waals surface area contributed by atoms with Gasteiger partial charge in [-0.3, -0.25) is 14.4 Å². The second kappa shape index (κ2) is 12.0. The number of nitrogens with zero attached hydrogens (tertiary/aromatic N) is 1. The molecule has 3 heterocycles. The van der Waals surface area contributed by atoms with Crippen LogP contribution in [0, 0.1) is 11.8 Å². The minimum absolute atomic E-state index is 0.0560. The van der Waals surface area contributed by atoms with E-state index in [9.17, 15) is 14.4 Å². The molecule has 1 aliphatic carbocycles. The number of likely N-dealkylation sites (tertiary alicyclic amines) is 1. The standard InChI is InChI=1S/C36H37N3O6/c1-43-28-15-9-8-10-23(28)22-39-32(34(41)38-24-11-4-2-5-12-24)36-21-20-29(45-36)30(31(36)35(39)42)33(40)37-25-16-18-27(19-17-25)44-26-13-6-3-7-14-26/h3,6-10,13-21,24,29-32H,2,4-5,11-12,22H2,1H3,(H,37,40)(H,38,41). The zero-order valence-corrected chi connectivity index (χ0v) is 25.2. The molecule has 7 rings (SSSR count). The molecular weight excluding hydrogens is 570 g/mol. The predicted octanol–water partition coefficient (Wildman–Crippen LogP) is 5.23. The van der Waals surface area contributed by atoms with Gasteiger partial charge >= 0.3 is 0 Å². The zero-order valence-electron chi connectivity index (χ0n) is 25.2. The fourth-order valence-corrected chi connectivity index (χ4v) is 7.44. The molecule has 5 unspecified atom stereocenters. The average Bonchev–Trinajstić information content (AvgIpc) is 3.70. The number of para-hydroxylation sites is 2. The van der Waals surface area contributed by atoms with Gasteiger partial charge in [0.1, 0.15) is 28.9 Å². The number of carbonyl (C=O) groups excluding carboxylic acids is 3. The van der Waals surface area contributed by atoms with E-state index in [1.165, 1.54) is 0 Å². The lowest BCUT2D eigenvalue weighted by molar-refractivity contribution is -0.142. The molecule has 4 aliphatic rings. The van der Waals surface area contributed by atoms with Crippen molar-refractivity contribution in [3.63, 3.8) is 0 Å². The van der Waals surface area contributed by atoms with Gasteiger partial charge in [0.2, 0.25) is 17.7 Å². The molecule has 2 bridgehead atoms. The first-order valence-corrected chi connectivity index (χ1v) is 15.7. The zero-order chi connectivity index (χ0) is 31.0. The second-order valence-electron chi connectivity index (χ2n) is 12.3. The Bertz CT molecular complexity index is 1600. The summed E-state index contributed by atoms with van der Waals surface area (Å²) in [4.78, 5) is 43.9. The number of anilines is 1. The normalized spacial score (nSPS) is 26.9. The van der Waals surface area contributed by atoms with Gasteiger partial charge in [-0.05, 0) is 55.3 Å². The van der Waals surface area contributed by atoms with Crippen LogP contribution in [-0.2, 0) is 25.7 Å². The van der Waals surface area contributed by atoms with Crippen molar-refractivity contribution in [3.8, 4) is 17.2 Å². The SMILES string of the molecule is COc1ccccc1CN1C(=O)C2C(C(=O)Nc3ccc(Oc4ccccc4)cc3)C3C=CC2(O3)C1C(=O)NC1CCCCC1. The maximum atomic E-state index is 14.4. The van der Waals surface area contributed by atoms with E-state index < -0.39 is 29.6 Å². The van der Waals surface area contributed by atoms with Crippen molar-refractivity contribution in [2.75, 3.05) is 12.4 Å². The van der Waals surface area contributed by atoms with Crippen LogP contribution in [0.4, 0.5) is 5.69 Å². The lowest BCUT2D eigenvalue weighted by Crippen LogP contribution is -2.56. The summed E-state index contributed by atoms with van der Waals surface area (Å²) in [5.74, 6) is -0.510. The third-order valence-corrected chi connectivity index (χ3v) is 9.51. The number of rotatable bonds is 9. The number of hydrogen-bond acceptors (Lipinski definition) is 6. The Kier molecular flexibility index (Phi) is 7.79. The summed E-state index contributed by atoms with van der Waals surface area (Å²) < 4.78 is 18.0. The Morgan fingerprint density at radius 3 is 2.38 bits per heavy atom. The van der Waals surface area contributed by atoms with E-state index in [1.807, 2.05) is 66.7 Å². The highest BCUT2D eigenvalue weighted by molar-refractivity contribution is 6.02. The first-order chi connectivity index (χ1) is 22.0. The molecule has 0 radical (unpaired) electrons. The maximum absolute atomic E-state index is 14.4. The fourth-order valence-electron chi connectivity index (χ4n) is 7.44. The molecule has 3 aliphatic heterocycles. The number of fused-ring (bicyclic) bond motifs is 1. The molecule has 2 N–H and O–H groups in total. The molecule has 45 heavy (non-hydrogen) atoms. The number of nitrogens with one attached hydrogen (secondary N) is 2. The predicted molar refractivity (Wildman–Crippen MR) is 168 cm³/mol. The van der Waals surface area contributed by atoms with Crippen LogP contribution in [0.5, 0.6) is 17.2 Å². The monoisotopic (exact) mass is 607 g/mol. The second-order valence-corrected chi connectivity index (χ2v) is 12.3. The number of benzene rings is 3. The largest absolute Gasteiger partial charge is 0.496 e. The Morgan fingerprint density at radius 1 is 0.911 bits per heavy atom. The van der Waals surface area contributed by atoms with Crippen molar-refractivity contribution in [1.29, 1.82) is 0 Å². The highest BCUT2D eigenvalue weighted by Crippen LogP contribution is 2.55. The van der Waals surface area contributed by atoms with Gasteiger partial charge in [0.25, 0.3) is 0 Å². The molecule has 5 atom stereocenters. The van der Waals surface area contributed by atoms with Crippen LogP contribution >= 0.6 is 0 Å². The van der Waals surface area contributed by atoms with Gasteiger partial charge in [-0.1, -0.05) is 67.8 Å². The van der Waals surface area contributed by atoms with E-state index in [0.29, 0.717) is 22.9 Å². The maximum Gasteiger partial charge on any atom is 0.246 e. The van der Waals surface area contributed by atoms with E-state index in [-0.39, 0.29) is 30.3 Å². The summed E-state index contributed by atoms with van der Waals surface area (Å²) in [6.45, 7) is 0.156. The topological polar surface area (TPSA) is 106 Å². The van der Waals surface area contributed by atoms with Crippen LogP contribution in [0.1, 0.15) is 37.7 Å². The van der Waals surface area contributed by atoms with Crippen LogP contribution in [-0.4, -0.2) is 53.5 Å². The van der Waals surface area contributed by atoms with Crippen molar-refractivity contribution in [2.45, 2.75) is 62.4 Å². The van der Waals surface area contributed by atoms with E-state index in [4.69, 9.17) is 14.2 Å².